The third-order valence-corrected chi connectivity index (χ3v) is 7.12. The zero-order valence-corrected chi connectivity index (χ0v) is 19.9. The fraction of sp³-hybridized carbons (Fsp3) is 0.217. The van der Waals surface area contributed by atoms with Crippen LogP contribution in [-0.4, -0.2) is 39.1 Å². The number of nitrogens with one attached hydrogen (secondary N) is 1. The molecule has 0 aliphatic rings. The number of hydrogen-bond donors (Lipinski definition) is 3. The molecule has 33 heavy (non-hydrogen) atoms. The van der Waals surface area contributed by atoms with Gasteiger partial charge < -0.3 is 16.8 Å². The van der Waals surface area contributed by atoms with Crippen molar-refractivity contribution in [3.63, 3.8) is 0 Å². The van der Waals surface area contributed by atoms with Crippen molar-refractivity contribution in [2.24, 2.45) is 5.73 Å². The van der Waals surface area contributed by atoms with E-state index in [1.807, 2.05) is 23.6 Å². The molecule has 2 amide bonds. The summed E-state index contributed by atoms with van der Waals surface area (Å²) in [5.41, 5.74) is 13.8. The van der Waals surface area contributed by atoms with Crippen LogP contribution >= 0.6 is 11.3 Å². The third-order valence-electron chi connectivity index (χ3n) is 5.04. The van der Waals surface area contributed by atoms with E-state index in [9.17, 15) is 18.0 Å². The van der Waals surface area contributed by atoms with Gasteiger partial charge in [-0.2, -0.15) is 0 Å². The predicted octanol–water partition coefficient (Wildman–Crippen LogP) is 2.61. The molecule has 0 fully saturated rings. The first-order valence-electron chi connectivity index (χ1n) is 10.2. The molecule has 0 radical (unpaired) electrons. The van der Waals surface area contributed by atoms with Crippen molar-refractivity contribution in [2.45, 2.75) is 19.4 Å². The molecule has 10 heteroatoms. The Morgan fingerprint density at radius 1 is 1.12 bits per heavy atom. The molecule has 0 bridgehead atoms. The summed E-state index contributed by atoms with van der Waals surface area (Å²) in [4.78, 5) is 25.4. The molecule has 0 spiro atoms. The maximum atomic E-state index is 13.1. The van der Waals surface area contributed by atoms with Gasteiger partial charge in [-0.25, -0.2) is 8.42 Å². The van der Waals surface area contributed by atoms with Gasteiger partial charge in [0.25, 0.3) is 0 Å². The Bertz CT molecular complexity index is 1240. The van der Waals surface area contributed by atoms with Crippen molar-refractivity contribution in [1.29, 1.82) is 0 Å². The number of anilines is 2. The van der Waals surface area contributed by atoms with Crippen molar-refractivity contribution < 1.29 is 18.0 Å². The fourth-order valence-electron chi connectivity index (χ4n) is 3.51. The summed E-state index contributed by atoms with van der Waals surface area (Å²) in [6.45, 7) is 2.09. The van der Waals surface area contributed by atoms with Crippen LogP contribution in [0.3, 0.4) is 0 Å². The summed E-state index contributed by atoms with van der Waals surface area (Å²) in [7, 11) is -3.91. The molecule has 3 rings (SSSR count). The Hall–Kier alpha value is -3.37. The highest BCUT2D eigenvalue weighted by Gasteiger charge is 2.34. The van der Waals surface area contributed by atoms with E-state index in [-0.39, 0.29) is 17.8 Å². The van der Waals surface area contributed by atoms with Crippen molar-refractivity contribution in [1.82, 2.24) is 5.32 Å². The molecule has 0 saturated heterocycles. The van der Waals surface area contributed by atoms with Gasteiger partial charge in [0.1, 0.15) is 6.04 Å². The summed E-state index contributed by atoms with van der Waals surface area (Å²) in [5, 5.41) is 4.65. The number of sulfonamides is 1. The van der Waals surface area contributed by atoms with Crippen LogP contribution in [0, 0.1) is 0 Å². The van der Waals surface area contributed by atoms with Gasteiger partial charge in [-0.1, -0.05) is 24.3 Å². The number of nitrogens with two attached hydrogens (primary N) is 2. The summed E-state index contributed by atoms with van der Waals surface area (Å²) in [6, 6.07) is 14.3. The number of thiophene rings is 1. The van der Waals surface area contributed by atoms with Crippen LogP contribution in [-0.2, 0) is 21.2 Å². The highest BCUT2D eigenvalue weighted by molar-refractivity contribution is 7.92. The quantitative estimate of drug-likeness (QED) is 0.400. The van der Waals surface area contributed by atoms with Crippen molar-refractivity contribution >= 4 is 44.5 Å². The van der Waals surface area contributed by atoms with E-state index < -0.39 is 27.9 Å². The van der Waals surface area contributed by atoms with E-state index in [2.05, 4.69) is 5.32 Å². The minimum Gasteiger partial charge on any atom is -0.397 e. The predicted molar refractivity (Wildman–Crippen MR) is 133 cm³/mol. The van der Waals surface area contributed by atoms with Crippen molar-refractivity contribution in [3.8, 4) is 10.4 Å². The van der Waals surface area contributed by atoms with E-state index in [1.54, 1.807) is 43.3 Å². The van der Waals surface area contributed by atoms with Gasteiger partial charge in [0.05, 0.1) is 17.6 Å². The number of hydrogen-bond acceptors (Lipinski definition) is 6. The van der Waals surface area contributed by atoms with Crippen LogP contribution in [0.1, 0.15) is 22.8 Å². The SMILES string of the molecule is CCNC(=O)[C@H](Cc1ccc(C(N)=O)cc1)N(c1cc(-c2cccs2)ccc1N)S(C)(=O)=O. The summed E-state index contributed by atoms with van der Waals surface area (Å²) < 4.78 is 27.1. The number of nitrogen functional groups attached to an aromatic ring is 1. The lowest BCUT2D eigenvalue weighted by Crippen LogP contribution is -2.51. The monoisotopic (exact) mass is 486 g/mol. The minimum absolute atomic E-state index is 0.0701. The van der Waals surface area contributed by atoms with Gasteiger partial charge in [0.15, 0.2) is 0 Å². The number of carbonyl (C=O) groups excluding carboxylic acids is 2. The molecule has 0 aliphatic heterocycles. The number of amides is 2. The summed E-state index contributed by atoms with van der Waals surface area (Å²) in [5.74, 6) is -1.03. The number of nitrogens with zero attached hydrogens (tertiary/aromatic N) is 1. The highest BCUT2D eigenvalue weighted by Crippen LogP contribution is 2.35. The second-order valence-electron chi connectivity index (χ2n) is 7.49. The molecular formula is C23H26N4O4S2. The van der Waals surface area contributed by atoms with Gasteiger partial charge in [0.2, 0.25) is 21.8 Å². The average Bonchev–Trinajstić information content (AvgIpc) is 3.29. The van der Waals surface area contributed by atoms with Crippen LogP contribution < -0.4 is 21.1 Å². The molecule has 0 aliphatic carbocycles. The molecule has 0 saturated carbocycles. The first-order valence-corrected chi connectivity index (χ1v) is 12.9. The van der Waals surface area contributed by atoms with E-state index >= 15 is 0 Å². The van der Waals surface area contributed by atoms with Crippen LogP contribution in [0.5, 0.6) is 0 Å². The van der Waals surface area contributed by atoms with Crippen molar-refractivity contribution in [2.75, 3.05) is 22.8 Å². The number of benzene rings is 2. The molecule has 8 nitrogen and oxygen atoms in total. The highest BCUT2D eigenvalue weighted by atomic mass is 32.2. The normalized spacial score (nSPS) is 12.2. The van der Waals surface area contributed by atoms with Crippen LogP contribution in [0.4, 0.5) is 11.4 Å². The minimum atomic E-state index is -3.91. The molecule has 5 N–H and O–H groups in total. The first kappa shape index (κ1) is 24.3. The molecule has 174 valence electrons. The largest absolute Gasteiger partial charge is 0.397 e. The van der Waals surface area contributed by atoms with Gasteiger partial charge in [-0.3, -0.25) is 13.9 Å². The second-order valence-corrected chi connectivity index (χ2v) is 10.3. The Morgan fingerprint density at radius 3 is 2.36 bits per heavy atom. The zero-order chi connectivity index (χ0) is 24.2. The zero-order valence-electron chi connectivity index (χ0n) is 18.3. The topological polar surface area (TPSA) is 136 Å². The van der Waals surface area contributed by atoms with E-state index in [0.717, 1.165) is 21.0 Å². The van der Waals surface area contributed by atoms with Crippen LogP contribution in [0.2, 0.25) is 0 Å². The average molecular weight is 487 g/mol. The van der Waals surface area contributed by atoms with Gasteiger partial charge in [0, 0.05) is 23.4 Å². The molecule has 1 heterocycles. The molecule has 0 unspecified atom stereocenters. The summed E-state index contributed by atoms with van der Waals surface area (Å²) in [6.07, 6.45) is 1.12. The second kappa shape index (κ2) is 10.1. The Morgan fingerprint density at radius 2 is 1.82 bits per heavy atom. The maximum Gasteiger partial charge on any atom is 0.248 e. The molecule has 1 atom stereocenters. The Balaban J connectivity index is 2.10. The van der Waals surface area contributed by atoms with Crippen LogP contribution in [0.15, 0.2) is 60.0 Å². The molecule has 3 aromatic rings. The molecule has 1 aromatic heterocycles. The maximum absolute atomic E-state index is 13.1. The first-order chi connectivity index (χ1) is 15.6. The lowest BCUT2D eigenvalue weighted by Gasteiger charge is -2.32. The lowest BCUT2D eigenvalue weighted by molar-refractivity contribution is -0.122. The Labute approximate surface area is 197 Å². The standard InChI is InChI=1S/C23H26N4O4S2/c1-3-26-23(29)20(13-15-6-8-16(9-7-15)22(25)28)27(33(2,30)31)19-14-17(10-11-18(19)24)21-5-4-12-32-21/h4-12,14,20H,3,13,24H2,1-2H3,(H2,25,28)(H,26,29)/t20-/m0/s1. The van der Waals surface area contributed by atoms with Gasteiger partial charge in [-0.05, 0) is 53.8 Å². The van der Waals surface area contributed by atoms with E-state index in [1.165, 1.54) is 11.3 Å². The number of likely N-dealkylation sites (N-methyl/N-ethyl adjacent to an activating group) is 1. The molecule has 2 aromatic carbocycles. The fourth-order valence-corrected chi connectivity index (χ4v) is 5.38. The van der Waals surface area contributed by atoms with E-state index in [0.29, 0.717) is 17.7 Å². The third kappa shape index (κ3) is 5.71. The summed E-state index contributed by atoms with van der Waals surface area (Å²) >= 11 is 1.51. The van der Waals surface area contributed by atoms with Gasteiger partial charge in [-0.15, -0.1) is 11.3 Å². The molecular weight excluding hydrogens is 460 g/mol. The number of primary amides is 1. The number of rotatable bonds is 9. The lowest BCUT2D eigenvalue weighted by atomic mass is 10.0. The van der Waals surface area contributed by atoms with Gasteiger partial charge >= 0.3 is 0 Å². The number of carbonyl (C=O) groups is 2. The Kier molecular flexibility index (Phi) is 7.39. The van der Waals surface area contributed by atoms with E-state index in [4.69, 9.17) is 11.5 Å². The van der Waals surface area contributed by atoms with Crippen molar-refractivity contribution in [3.05, 3.63) is 71.1 Å². The van der Waals surface area contributed by atoms with Crippen LogP contribution in [0.25, 0.3) is 10.4 Å². The smallest absolute Gasteiger partial charge is 0.248 e.